The van der Waals surface area contributed by atoms with Gasteiger partial charge in [0.15, 0.2) is 0 Å². The quantitative estimate of drug-likeness (QED) is 0.348. The zero-order valence-corrected chi connectivity index (χ0v) is 20.2. The lowest BCUT2D eigenvalue weighted by molar-refractivity contribution is -0.187. The van der Waals surface area contributed by atoms with Crippen LogP contribution < -0.4 is 11.1 Å². The third-order valence-electron chi connectivity index (χ3n) is 6.47. The number of benzene rings is 2. The van der Waals surface area contributed by atoms with Gasteiger partial charge in [-0.3, -0.25) is 9.36 Å². The zero-order chi connectivity index (χ0) is 26.2. The van der Waals surface area contributed by atoms with E-state index < -0.39 is 24.8 Å². The van der Waals surface area contributed by atoms with Crippen LogP contribution in [-0.4, -0.2) is 33.2 Å². The fourth-order valence-electron chi connectivity index (χ4n) is 4.83. The minimum Gasteiger partial charge on any atom is -0.366 e. The van der Waals surface area contributed by atoms with Gasteiger partial charge in [0.25, 0.3) is 0 Å². The van der Waals surface area contributed by atoms with Crippen LogP contribution >= 0.6 is 0 Å². The molecule has 2 aromatic carbocycles. The first kappa shape index (κ1) is 24.8. The molecule has 5 rings (SSSR count). The summed E-state index contributed by atoms with van der Waals surface area (Å²) in [5, 5.41) is 4.02. The van der Waals surface area contributed by atoms with Crippen LogP contribution in [0.4, 0.5) is 19.0 Å². The number of amides is 1. The van der Waals surface area contributed by atoms with E-state index in [9.17, 15) is 18.0 Å². The molecule has 1 aliphatic rings. The van der Waals surface area contributed by atoms with Gasteiger partial charge in [-0.1, -0.05) is 36.4 Å². The van der Waals surface area contributed by atoms with Crippen molar-refractivity contribution in [1.29, 1.82) is 0 Å². The molecule has 0 bridgehead atoms. The molecule has 192 valence electrons. The molecule has 1 amide bonds. The van der Waals surface area contributed by atoms with E-state index in [4.69, 9.17) is 20.4 Å². The van der Waals surface area contributed by atoms with E-state index in [1.807, 2.05) is 49.4 Å². The summed E-state index contributed by atoms with van der Waals surface area (Å²) < 4.78 is 46.1. The summed E-state index contributed by atoms with van der Waals surface area (Å²) in [5.74, 6) is 0.280. The molecule has 0 saturated heterocycles. The number of hydrogen-bond acceptors (Lipinski definition) is 5. The second-order valence-electron chi connectivity index (χ2n) is 9.11. The number of rotatable bonds is 7. The van der Waals surface area contributed by atoms with Crippen molar-refractivity contribution in [3.63, 3.8) is 0 Å². The SMILES string of the molecule is Cc1cc2c(C(N)=O)cccc2n1-c1nc(NCc2ccccc2)c2c(n1)[C@@H](OCC(F)(F)F)CCC2. The van der Waals surface area contributed by atoms with Gasteiger partial charge in [-0.05, 0) is 49.9 Å². The first-order valence-corrected chi connectivity index (χ1v) is 12.0. The Hall–Kier alpha value is -3.92. The molecule has 4 aromatic rings. The van der Waals surface area contributed by atoms with Crippen LogP contribution in [0.25, 0.3) is 16.9 Å². The van der Waals surface area contributed by atoms with E-state index in [0.717, 1.165) is 16.8 Å². The van der Waals surface area contributed by atoms with E-state index in [1.54, 1.807) is 16.7 Å². The highest BCUT2D eigenvalue weighted by atomic mass is 19.4. The first-order valence-electron chi connectivity index (χ1n) is 12.0. The highest BCUT2D eigenvalue weighted by molar-refractivity contribution is 6.06. The predicted octanol–water partition coefficient (Wildman–Crippen LogP) is 5.40. The maximum atomic E-state index is 13.0. The van der Waals surface area contributed by atoms with Crippen LogP contribution in [0, 0.1) is 6.92 Å². The summed E-state index contributed by atoms with van der Waals surface area (Å²) in [4.78, 5) is 21.6. The number of ether oxygens (including phenoxy) is 1. The normalized spacial score (nSPS) is 15.5. The number of anilines is 1. The molecule has 0 unspecified atom stereocenters. The van der Waals surface area contributed by atoms with Gasteiger partial charge in [0.05, 0.1) is 11.2 Å². The average molecular weight is 510 g/mol. The Morgan fingerprint density at radius 2 is 1.95 bits per heavy atom. The number of primary amides is 1. The van der Waals surface area contributed by atoms with E-state index >= 15 is 0 Å². The van der Waals surface area contributed by atoms with Crippen LogP contribution in [0.5, 0.6) is 0 Å². The molecule has 0 aliphatic heterocycles. The van der Waals surface area contributed by atoms with Crippen LogP contribution in [0.3, 0.4) is 0 Å². The van der Waals surface area contributed by atoms with Crippen molar-refractivity contribution < 1.29 is 22.7 Å². The van der Waals surface area contributed by atoms with Gasteiger partial charge >= 0.3 is 6.18 Å². The number of alkyl halides is 3. The van der Waals surface area contributed by atoms with Crippen LogP contribution in [-0.2, 0) is 17.7 Å². The molecule has 0 saturated carbocycles. The van der Waals surface area contributed by atoms with E-state index in [1.165, 1.54) is 0 Å². The molecule has 1 atom stereocenters. The molecular weight excluding hydrogens is 483 g/mol. The van der Waals surface area contributed by atoms with E-state index in [-0.39, 0.29) is 5.95 Å². The lowest BCUT2D eigenvalue weighted by Gasteiger charge is -2.27. The Morgan fingerprint density at radius 3 is 2.68 bits per heavy atom. The number of nitrogens with two attached hydrogens (primary N) is 1. The summed E-state index contributed by atoms with van der Waals surface area (Å²) >= 11 is 0. The zero-order valence-electron chi connectivity index (χ0n) is 20.2. The fraction of sp³-hybridized carbons (Fsp3) is 0.296. The molecule has 1 aliphatic carbocycles. The molecule has 0 spiro atoms. The number of aryl methyl sites for hydroxylation is 1. The van der Waals surface area contributed by atoms with E-state index in [2.05, 4.69) is 5.32 Å². The van der Waals surface area contributed by atoms with Gasteiger partial charge in [0.2, 0.25) is 11.9 Å². The third kappa shape index (κ3) is 5.15. The predicted molar refractivity (Wildman–Crippen MR) is 134 cm³/mol. The smallest absolute Gasteiger partial charge is 0.366 e. The minimum atomic E-state index is -4.44. The number of carbonyl (C=O) groups excluding carboxylic acids is 1. The summed E-state index contributed by atoms with van der Waals surface area (Å²) in [6.07, 6.45) is -3.55. The molecule has 0 radical (unpaired) electrons. The number of halogens is 3. The van der Waals surface area contributed by atoms with Crippen molar-refractivity contribution in [2.75, 3.05) is 11.9 Å². The molecule has 2 heterocycles. The van der Waals surface area contributed by atoms with Crippen molar-refractivity contribution in [3.05, 3.63) is 82.7 Å². The van der Waals surface area contributed by atoms with Gasteiger partial charge in [-0.2, -0.15) is 18.2 Å². The van der Waals surface area contributed by atoms with Gasteiger partial charge in [-0.25, -0.2) is 4.98 Å². The number of aromatic nitrogens is 3. The molecule has 3 N–H and O–H groups in total. The van der Waals surface area contributed by atoms with Crippen molar-refractivity contribution in [1.82, 2.24) is 14.5 Å². The van der Waals surface area contributed by atoms with Crippen molar-refractivity contribution in [2.24, 2.45) is 5.73 Å². The maximum Gasteiger partial charge on any atom is 0.411 e. The second kappa shape index (κ2) is 9.85. The molecular formula is C27H26F3N5O2. The number of nitrogens with zero attached hydrogens (tertiary/aromatic N) is 3. The monoisotopic (exact) mass is 509 g/mol. The average Bonchev–Trinajstić information content (AvgIpc) is 3.21. The Labute approximate surface area is 211 Å². The Morgan fingerprint density at radius 1 is 1.16 bits per heavy atom. The molecule has 0 fully saturated rings. The second-order valence-corrected chi connectivity index (χ2v) is 9.11. The summed E-state index contributed by atoms with van der Waals surface area (Å²) in [6, 6.07) is 16.8. The maximum absolute atomic E-state index is 13.0. The summed E-state index contributed by atoms with van der Waals surface area (Å²) in [5.41, 5.74) is 9.60. The number of carbonyl (C=O) groups is 1. The molecule has 37 heavy (non-hydrogen) atoms. The topological polar surface area (TPSA) is 95.1 Å². The lowest BCUT2D eigenvalue weighted by atomic mass is 9.93. The number of fused-ring (bicyclic) bond motifs is 2. The van der Waals surface area contributed by atoms with Crippen LogP contribution in [0.2, 0.25) is 0 Å². The van der Waals surface area contributed by atoms with Crippen molar-refractivity contribution in [3.8, 4) is 5.95 Å². The minimum absolute atomic E-state index is 0.283. The Balaban J connectivity index is 1.63. The molecule has 10 heteroatoms. The first-order chi connectivity index (χ1) is 17.7. The van der Waals surface area contributed by atoms with Gasteiger partial charge in [-0.15, -0.1) is 0 Å². The number of nitrogens with one attached hydrogen (secondary N) is 1. The van der Waals surface area contributed by atoms with Crippen LogP contribution in [0.1, 0.15) is 51.8 Å². The van der Waals surface area contributed by atoms with Gasteiger partial charge in [0.1, 0.15) is 18.5 Å². The summed E-state index contributed by atoms with van der Waals surface area (Å²) in [6.45, 7) is 0.980. The molecule has 7 nitrogen and oxygen atoms in total. The highest BCUT2D eigenvalue weighted by Crippen LogP contribution is 2.37. The Kier molecular flexibility index (Phi) is 6.59. The Bertz CT molecular complexity index is 1450. The van der Waals surface area contributed by atoms with Gasteiger partial charge in [0, 0.05) is 28.8 Å². The van der Waals surface area contributed by atoms with Crippen LogP contribution in [0.15, 0.2) is 54.6 Å². The summed E-state index contributed by atoms with van der Waals surface area (Å²) in [7, 11) is 0. The lowest BCUT2D eigenvalue weighted by Crippen LogP contribution is -2.24. The number of hydrogen-bond donors (Lipinski definition) is 2. The highest BCUT2D eigenvalue weighted by Gasteiger charge is 2.33. The third-order valence-corrected chi connectivity index (χ3v) is 6.47. The van der Waals surface area contributed by atoms with E-state index in [0.29, 0.717) is 53.8 Å². The standard InChI is InChI=1S/C27H26F3N5O2/c1-16-13-20-18(24(31)36)9-5-11-21(20)35(16)26-33-23-19(10-6-12-22(23)37-15-27(28,29)30)25(34-26)32-14-17-7-3-2-4-8-17/h2-5,7-9,11,13,22H,6,10,12,14-15H2,1H3,(H2,31,36)(H,32,33,34)/t22-/m0/s1. The van der Waals surface area contributed by atoms with Gasteiger partial charge < -0.3 is 15.8 Å². The molecule has 2 aromatic heterocycles. The van der Waals surface area contributed by atoms with Crippen molar-refractivity contribution >= 4 is 22.6 Å². The fourth-order valence-corrected chi connectivity index (χ4v) is 4.83. The largest absolute Gasteiger partial charge is 0.411 e. The van der Waals surface area contributed by atoms with Crippen molar-refractivity contribution in [2.45, 2.75) is 45.0 Å².